The number of thiazole rings is 1. The number of hydrogen-bond donors (Lipinski definition) is 1. The van der Waals surface area contributed by atoms with E-state index in [1.54, 1.807) is 0 Å². The fourth-order valence-corrected chi connectivity index (χ4v) is 3.26. The number of nitrogens with zero attached hydrogens (tertiary/aromatic N) is 2. The molecule has 2 rings (SSSR count). The Morgan fingerprint density at radius 3 is 3.06 bits per heavy atom. The number of rotatable bonds is 6. The van der Waals surface area contributed by atoms with Gasteiger partial charge in [-0.2, -0.15) is 0 Å². The molecule has 18 heavy (non-hydrogen) atoms. The number of anilines is 1. The van der Waals surface area contributed by atoms with E-state index >= 15 is 0 Å². The van der Waals surface area contributed by atoms with Crippen LogP contribution in [0.5, 0.6) is 0 Å². The van der Waals surface area contributed by atoms with Crippen LogP contribution < -0.4 is 10.2 Å². The van der Waals surface area contributed by atoms with Gasteiger partial charge in [0.05, 0.1) is 0 Å². The number of hydrogen-bond acceptors (Lipinski definition) is 4. The van der Waals surface area contributed by atoms with Crippen molar-refractivity contribution in [3.8, 4) is 0 Å². The van der Waals surface area contributed by atoms with E-state index in [-0.39, 0.29) is 0 Å². The highest BCUT2D eigenvalue weighted by atomic mass is 32.1. The maximum absolute atomic E-state index is 4.57. The van der Waals surface area contributed by atoms with E-state index in [1.807, 2.05) is 17.5 Å². The molecule has 1 unspecified atom stereocenters. The second-order valence-corrected chi connectivity index (χ2v) is 6.74. The molecule has 1 aromatic rings. The second kappa shape index (κ2) is 6.53. The van der Waals surface area contributed by atoms with Crippen LogP contribution in [0.2, 0.25) is 0 Å². The van der Waals surface area contributed by atoms with E-state index < -0.39 is 0 Å². The van der Waals surface area contributed by atoms with Crippen molar-refractivity contribution in [1.82, 2.24) is 10.3 Å². The van der Waals surface area contributed by atoms with Gasteiger partial charge >= 0.3 is 0 Å². The molecule has 0 saturated carbocycles. The van der Waals surface area contributed by atoms with Gasteiger partial charge < -0.3 is 10.2 Å². The van der Waals surface area contributed by atoms with Gasteiger partial charge in [-0.05, 0) is 24.8 Å². The molecule has 102 valence electrons. The third-order valence-electron chi connectivity index (χ3n) is 3.53. The smallest absolute Gasteiger partial charge is 0.185 e. The standard InChI is InChI=1S/C14H25N3S/c1-4-12-5-6-17(10-12)14-16-9-13(18-14)8-15-7-11(2)3/h9,11-12,15H,4-8,10H2,1-3H3. The summed E-state index contributed by atoms with van der Waals surface area (Å²) >= 11 is 1.85. The van der Waals surface area contributed by atoms with Crippen molar-refractivity contribution in [3.05, 3.63) is 11.1 Å². The highest BCUT2D eigenvalue weighted by molar-refractivity contribution is 7.15. The lowest BCUT2D eigenvalue weighted by molar-refractivity contribution is 0.554. The average Bonchev–Trinajstić information content (AvgIpc) is 2.95. The van der Waals surface area contributed by atoms with Crippen molar-refractivity contribution < 1.29 is 0 Å². The van der Waals surface area contributed by atoms with E-state index in [1.165, 1.54) is 35.9 Å². The minimum Gasteiger partial charge on any atom is -0.348 e. The highest BCUT2D eigenvalue weighted by Gasteiger charge is 2.22. The van der Waals surface area contributed by atoms with E-state index in [4.69, 9.17) is 0 Å². The van der Waals surface area contributed by atoms with Crippen molar-refractivity contribution in [2.75, 3.05) is 24.5 Å². The summed E-state index contributed by atoms with van der Waals surface area (Å²) in [5, 5.41) is 4.69. The topological polar surface area (TPSA) is 28.2 Å². The first kappa shape index (κ1) is 13.8. The van der Waals surface area contributed by atoms with Gasteiger partial charge in [-0.15, -0.1) is 11.3 Å². The first-order valence-electron chi connectivity index (χ1n) is 7.09. The fraction of sp³-hybridized carbons (Fsp3) is 0.786. The Kier molecular flexibility index (Phi) is 5.01. The highest BCUT2D eigenvalue weighted by Crippen LogP contribution is 2.29. The van der Waals surface area contributed by atoms with Crippen molar-refractivity contribution in [1.29, 1.82) is 0 Å². The molecule has 1 saturated heterocycles. The molecule has 4 heteroatoms. The molecule has 0 aromatic carbocycles. The van der Waals surface area contributed by atoms with Crippen molar-refractivity contribution in [2.45, 2.75) is 40.2 Å². The Bertz CT molecular complexity index is 362. The molecule has 3 nitrogen and oxygen atoms in total. The Morgan fingerprint density at radius 2 is 2.39 bits per heavy atom. The van der Waals surface area contributed by atoms with Crippen LogP contribution in [0.15, 0.2) is 6.20 Å². The Balaban J connectivity index is 1.83. The van der Waals surface area contributed by atoms with Crippen LogP contribution in [0, 0.1) is 11.8 Å². The molecule has 1 fully saturated rings. The minimum absolute atomic E-state index is 0.710. The Morgan fingerprint density at radius 1 is 1.56 bits per heavy atom. The lowest BCUT2D eigenvalue weighted by Crippen LogP contribution is -2.19. The van der Waals surface area contributed by atoms with Crippen molar-refractivity contribution >= 4 is 16.5 Å². The molecular formula is C14H25N3S. The van der Waals surface area contributed by atoms with E-state index in [9.17, 15) is 0 Å². The summed E-state index contributed by atoms with van der Waals surface area (Å²) < 4.78 is 0. The van der Waals surface area contributed by atoms with Gasteiger partial charge in [0.15, 0.2) is 5.13 Å². The van der Waals surface area contributed by atoms with Gasteiger partial charge in [-0.1, -0.05) is 27.2 Å². The monoisotopic (exact) mass is 267 g/mol. The van der Waals surface area contributed by atoms with Crippen LogP contribution in [-0.4, -0.2) is 24.6 Å². The quantitative estimate of drug-likeness (QED) is 0.858. The van der Waals surface area contributed by atoms with E-state index in [0.29, 0.717) is 5.92 Å². The molecule has 1 aromatic heterocycles. The molecule has 0 radical (unpaired) electrons. The van der Waals surface area contributed by atoms with E-state index in [0.717, 1.165) is 19.0 Å². The zero-order valence-corrected chi connectivity index (χ0v) is 12.6. The van der Waals surface area contributed by atoms with Crippen LogP contribution in [0.1, 0.15) is 38.5 Å². The predicted octanol–water partition coefficient (Wildman–Crippen LogP) is 3.13. The maximum Gasteiger partial charge on any atom is 0.185 e. The Labute approximate surface area is 115 Å². The van der Waals surface area contributed by atoms with Gasteiger partial charge in [-0.3, -0.25) is 0 Å². The van der Waals surface area contributed by atoms with Crippen LogP contribution >= 0.6 is 11.3 Å². The summed E-state index contributed by atoms with van der Waals surface area (Å²) in [7, 11) is 0. The molecule has 1 atom stereocenters. The third kappa shape index (κ3) is 3.69. The summed E-state index contributed by atoms with van der Waals surface area (Å²) in [5.74, 6) is 1.58. The zero-order valence-electron chi connectivity index (χ0n) is 11.8. The SMILES string of the molecule is CCC1CCN(c2ncc(CNCC(C)C)s2)C1. The van der Waals surface area contributed by atoms with Gasteiger partial charge in [0.2, 0.25) is 0 Å². The second-order valence-electron chi connectivity index (χ2n) is 5.64. The minimum atomic E-state index is 0.710. The number of aromatic nitrogens is 1. The molecule has 0 aliphatic carbocycles. The molecular weight excluding hydrogens is 242 g/mol. The maximum atomic E-state index is 4.57. The molecule has 1 N–H and O–H groups in total. The summed E-state index contributed by atoms with van der Waals surface area (Å²) in [6.45, 7) is 11.2. The Hall–Kier alpha value is -0.610. The summed E-state index contributed by atoms with van der Waals surface area (Å²) in [6, 6.07) is 0. The third-order valence-corrected chi connectivity index (χ3v) is 4.59. The van der Waals surface area contributed by atoms with Crippen LogP contribution in [0.4, 0.5) is 5.13 Å². The van der Waals surface area contributed by atoms with Gasteiger partial charge in [0, 0.05) is 30.7 Å². The summed E-state index contributed by atoms with van der Waals surface area (Å²) in [4.78, 5) is 8.37. The molecule has 0 spiro atoms. The van der Waals surface area contributed by atoms with Gasteiger partial charge in [0.1, 0.15) is 0 Å². The van der Waals surface area contributed by atoms with Crippen LogP contribution in [-0.2, 0) is 6.54 Å². The van der Waals surface area contributed by atoms with Crippen LogP contribution in [0.3, 0.4) is 0 Å². The predicted molar refractivity (Wildman–Crippen MR) is 79.3 cm³/mol. The molecule has 0 bridgehead atoms. The fourth-order valence-electron chi connectivity index (χ4n) is 2.35. The lowest BCUT2D eigenvalue weighted by Gasteiger charge is -2.14. The summed E-state index contributed by atoms with van der Waals surface area (Å²) in [5.41, 5.74) is 0. The summed E-state index contributed by atoms with van der Waals surface area (Å²) in [6.07, 6.45) is 4.66. The average molecular weight is 267 g/mol. The molecule has 1 aliphatic rings. The zero-order chi connectivity index (χ0) is 13.0. The molecule has 1 aliphatic heterocycles. The van der Waals surface area contributed by atoms with Crippen molar-refractivity contribution in [2.24, 2.45) is 11.8 Å². The first-order chi connectivity index (χ1) is 8.69. The van der Waals surface area contributed by atoms with Crippen molar-refractivity contribution in [3.63, 3.8) is 0 Å². The lowest BCUT2D eigenvalue weighted by atomic mass is 10.1. The van der Waals surface area contributed by atoms with Gasteiger partial charge in [-0.25, -0.2) is 4.98 Å². The number of nitrogens with one attached hydrogen (secondary N) is 1. The van der Waals surface area contributed by atoms with E-state index in [2.05, 4.69) is 36.0 Å². The van der Waals surface area contributed by atoms with Gasteiger partial charge in [0.25, 0.3) is 0 Å². The molecule has 0 amide bonds. The first-order valence-corrected chi connectivity index (χ1v) is 7.91. The largest absolute Gasteiger partial charge is 0.348 e. The normalized spacial score (nSPS) is 20.0. The molecule has 2 heterocycles. The van der Waals surface area contributed by atoms with Crippen LogP contribution in [0.25, 0.3) is 0 Å².